The number of para-hydroxylation sites is 1. The number of nitrogens with one attached hydrogen (secondary N) is 3. The third-order valence-corrected chi connectivity index (χ3v) is 13.3. The molecule has 416 valence electrons. The van der Waals surface area contributed by atoms with Crippen LogP contribution in [0.15, 0.2) is 110 Å². The molecule has 4 heterocycles. The van der Waals surface area contributed by atoms with E-state index in [1.54, 1.807) is 31.6 Å². The lowest BCUT2D eigenvalue weighted by Gasteiger charge is -2.39. The molecule has 2 amide bonds. The Balaban J connectivity index is 0.682. The van der Waals surface area contributed by atoms with E-state index in [1.807, 2.05) is 65.7 Å². The van der Waals surface area contributed by atoms with Gasteiger partial charge in [0.05, 0.1) is 110 Å². The van der Waals surface area contributed by atoms with Crippen molar-refractivity contribution in [2.24, 2.45) is 0 Å². The molecule has 7 rings (SSSR count). The molecule has 0 unspecified atom stereocenters. The molecular formula is C59H78FN7O10. The van der Waals surface area contributed by atoms with Crippen LogP contribution in [0, 0.1) is 5.82 Å². The Morgan fingerprint density at radius 3 is 2.06 bits per heavy atom. The number of anilines is 2. The van der Waals surface area contributed by atoms with E-state index >= 15 is 0 Å². The fourth-order valence-corrected chi connectivity index (χ4v) is 9.34. The first-order valence-electron chi connectivity index (χ1n) is 26.8. The number of hydrogen-bond acceptors (Lipinski definition) is 15. The standard InChI is InChI=1S/C59H78FN7O10/c1-44-40-66(52(39-63-44)42-70-4)41-56(68)67-43-59(2,3)57-54(67)37-46(38-64-57)34-49-9-5-6-11-55(49)77-33-32-76-31-30-75-29-28-74-27-26-73-25-24-72-23-22-71-21-20-62-53(36-45-8-7-10-50(60)35-45)58(69)65-51-14-12-47(13-15-51)48-16-18-61-19-17-48/h5-19,35,37-38,44,52-53,62-63H,20-34,36,39-43H2,1-4H3,(H,65,69)/t44-,52-,53-/m1/s1. The molecule has 0 saturated carbocycles. The van der Waals surface area contributed by atoms with Crippen LogP contribution in [0.5, 0.6) is 5.75 Å². The Morgan fingerprint density at radius 2 is 1.40 bits per heavy atom. The van der Waals surface area contributed by atoms with Gasteiger partial charge in [-0.25, -0.2) is 4.39 Å². The van der Waals surface area contributed by atoms with Crippen molar-refractivity contribution in [3.63, 3.8) is 0 Å². The van der Waals surface area contributed by atoms with Gasteiger partial charge in [0.1, 0.15) is 18.2 Å². The maximum Gasteiger partial charge on any atom is 0.241 e. The molecule has 1 saturated heterocycles. The summed E-state index contributed by atoms with van der Waals surface area (Å²) in [6.45, 7) is 15.4. The molecule has 17 nitrogen and oxygen atoms in total. The Hall–Kier alpha value is -5.77. The Morgan fingerprint density at radius 1 is 0.766 bits per heavy atom. The van der Waals surface area contributed by atoms with Crippen LogP contribution in [0.3, 0.4) is 0 Å². The second-order valence-corrected chi connectivity index (χ2v) is 19.9. The van der Waals surface area contributed by atoms with Crippen LogP contribution in [0.4, 0.5) is 15.8 Å². The number of rotatable bonds is 34. The second kappa shape index (κ2) is 31.6. The lowest BCUT2D eigenvalue weighted by atomic mass is 9.91. The largest absolute Gasteiger partial charge is 0.491 e. The summed E-state index contributed by atoms with van der Waals surface area (Å²) < 4.78 is 59.6. The number of carbonyl (C=O) groups excluding carboxylic acids is 2. The van der Waals surface area contributed by atoms with Crippen molar-refractivity contribution < 1.29 is 51.9 Å². The Bertz CT molecular complexity index is 2540. The predicted octanol–water partition coefficient (Wildman–Crippen LogP) is 6.12. The number of nitrogens with zero attached hydrogens (tertiary/aromatic N) is 4. The fraction of sp³-hybridized carbons (Fsp3) is 0.492. The molecule has 3 atom stereocenters. The van der Waals surface area contributed by atoms with E-state index in [1.165, 1.54) is 12.1 Å². The highest BCUT2D eigenvalue weighted by atomic mass is 19.1. The maximum absolute atomic E-state index is 14.0. The molecule has 3 aromatic carbocycles. The predicted molar refractivity (Wildman–Crippen MR) is 294 cm³/mol. The monoisotopic (exact) mass is 1060 g/mol. The van der Waals surface area contributed by atoms with Gasteiger partial charge in [-0.15, -0.1) is 0 Å². The van der Waals surface area contributed by atoms with Crippen molar-refractivity contribution in [1.82, 2.24) is 25.5 Å². The van der Waals surface area contributed by atoms with Crippen LogP contribution in [0.25, 0.3) is 11.1 Å². The third kappa shape index (κ3) is 19.3. The number of aromatic nitrogens is 2. The van der Waals surface area contributed by atoms with E-state index in [2.05, 4.69) is 58.7 Å². The van der Waals surface area contributed by atoms with Crippen molar-refractivity contribution in [3.05, 3.63) is 138 Å². The number of hydrogen-bond donors (Lipinski definition) is 3. The molecule has 2 aliphatic heterocycles. The van der Waals surface area contributed by atoms with Gasteiger partial charge < -0.3 is 58.7 Å². The van der Waals surface area contributed by atoms with Gasteiger partial charge in [0, 0.05) is 81.5 Å². The zero-order valence-electron chi connectivity index (χ0n) is 45.2. The van der Waals surface area contributed by atoms with Gasteiger partial charge in [0.25, 0.3) is 0 Å². The van der Waals surface area contributed by atoms with Crippen LogP contribution >= 0.6 is 0 Å². The molecule has 2 aliphatic rings. The van der Waals surface area contributed by atoms with Gasteiger partial charge in [-0.1, -0.05) is 56.3 Å². The topological polar surface area (TPSA) is 176 Å². The number of halogens is 1. The molecule has 77 heavy (non-hydrogen) atoms. The first kappa shape index (κ1) is 58.9. The van der Waals surface area contributed by atoms with Crippen LogP contribution < -0.4 is 25.6 Å². The SMILES string of the molecule is COC[C@H]1CN[C@H](C)CN1CC(=O)N1CC(C)(C)c2ncc(Cc3ccccc3OCCOCCOCCOCCOCCOCCOCCN[C@H](Cc3cccc(F)c3)C(=O)Nc3ccc(-c4ccncc4)cc3)cc21. The first-order valence-corrected chi connectivity index (χ1v) is 26.8. The number of piperazine rings is 1. The molecular weight excluding hydrogens is 986 g/mol. The van der Waals surface area contributed by atoms with Crippen molar-refractivity contribution in [2.75, 3.05) is 143 Å². The number of methoxy groups -OCH3 is 1. The van der Waals surface area contributed by atoms with Crippen molar-refractivity contribution in [2.45, 2.75) is 57.2 Å². The fourth-order valence-electron chi connectivity index (χ4n) is 9.34. The summed E-state index contributed by atoms with van der Waals surface area (Å²) in [4.78, 5) is 40.4. The quantitative estimate of drug-likeness (QED) is 0.0402. The lowest BCUT2D eigenvalue weighted by molar-refractivity contribution is -0.121. The lowest BCUT2D eigenvalue weighted by Crippen LogP contribution is -2.59. The molecule has 0 bridgehead atoms. The van der Waals surface area contributed by atoms with E-state index in [0.29, 0.717) is 142 Å². The average molecular weight is 1060 g/mol. The van der Waals surface area contributed by atoms with Crippen LogP contribution in [0.1, 0.15) is 43.2 Å². The highest BCUT2D eigenvalue weighted by Crippen LogP contribution is 2.40. The number of pyridine rings is 2. The van der Waals surface area contributed by atoms with Gasteiger partial charge in [0.2, 0.25) is 11.8 Å². The minimum Gasteiger partial charge on any atom is -0.491 e. The van der Waals surface area contributed by atoms with Crippen molar-refractivity contribution in [1.29, 1.82) is 0 Å². The first-order chi connectivity index (χ1) is 37.6. The van der Waals surface area contributed by atoms with Gasteiger partial charge in [0.15, 0.2) is 0 Å². The van der Waals surface area contributed by atoms with Gasteiger partial charge in [-0.2, -0.15) is 0 Å². The Labute approximate surface area is 453 Å². The maximum atomic E-state index is 14.0. The summed E-state index contributed by atoms with van der Waals surface area (Å²) in [6.07, 6.45) is 6.33. The van der Waals surface area contributed by atoms with Crippen LogP contribution in [-0.4, -0.2) is 177 Å². The van der Waals surface area contributed by atoms with Gasteiger partial charge >= 0.3 is 0 Å². The number of fused-ring (bicyclic) bond motifs is 1. The minimum atomic E-state index is -0.609. The molecule has 0 radical (unpaired) electrons. The smallest absolute Gasteiger partial charge is 0.241 e. The van der Waals surface area contributed by atoms with Gasteiger partial charge in [-0.05, 0) is 89.7 Å². The van der Waals surface area contributed by atoms with E-state index < -0.39 is 6.04 Å². The Kier molecular flexibility index (Phi) is 24.2. The molecule has 3 N–H and O–H groups in total. The van der Waals surface area contributed by atoms with E-state index in [4.69, 9.17) is 42.9 Å². The minimum absolute atomic E-state index is 0.0795. The molecule has 0 spiro atoms. The average Bonchev–Trinajstić information content (AvgIpc) is 3.74. The van der Waals surface area contributed by atoms with E-state index in [9.17, 15) is 14.0 Å². The third-order valence-electron chi connectivity index (χ3n) is 13.3. The summed E-state index contributed by atoms with van der Waals surface area (Å²) in [5.41, 5.74) is 7.04. The molecule has 18 heteroatoms. The number of amides is 2. The van der Waals surface area contributed by atoms with Crippen LogP contribution in [0.2, 0.25) is 0 Å². The molecule has 5 aromatic rings. The summed E-state index contributed by atoms with van der Waals surface area (Å²) >= 11 is 0. The molecule has 2 aromatic heterocycles. The highest BCUT2D eigenvalue weighted by Gasteiger charge is 2.41. The highest BCUT2D eigenvalue weighted by molar-refractivity contribution is 5.97. The van der Waals surface area contributed by atoms with E-state index in [-0.39, 0.29) is 29.1 Å². The zero-order chi connectivity index (χ0) is 54.1. The zero-order valence-corrected chi connectivity index (χ0v) is 45.2. The van der Waals surface area contributed by atoms with Crippen molar-refractivity contribution in [3.8, 4) is 16.9 Å². The van der Waals surface area contributed by atoms with Crippen LogP contribution in [-0.2, 0) is 61.0 Å². The van der Waals surface area contributed by atoms with E-state index in [0.717, 1.165) is 52.5 Å². The number of carbonyl (C=O) groups is 2. The summed E-state index contributed by atoms with van der Waals surface area (Å²) in [6, 6.07) is 27.7. The number of ether oxygens (including phenoxy) is 8. The molecule has 1 fully saturated rings. The summed E-state index contributed by atoms with van der Waals surface area (Å²) in [5.74, 6) is 0.292. The number of benzene rings is 3. The summed E-state index contributed by atoms with van der Waals surface area (Å²) in [7, 11) is 1.71. The van der Waals surface area contributed by atoms with Gasteiger partial charge in [-0.3, -0.25) is 24.5 Å². The summed E-state index contributed by atoms with van der Waals surface area (Å²) in [5, 5.41) is 9.76. The van der Waals surface area contributed by atoms with Crippen molar-refractivity contribution >= 4 is 23.2 Å². The second-order valence-electron chi connectivity index (χ2n) is 19.9. The normalized spacial score (nSPS) is 16.6. The molecule has 0 aliphatic carbocycles.